The molecule has 2 aromatic rings. The summed E-state index contributed by atoms with van der Waals surface area (Å²) in [5.41, 5.74) is 0. The minimum absolute atomic E-state index is 0.409. The van der Waals surface area contributed by atoms with Gasteiger partial charge in [-0.2, -0.15) is 0 Å². The standard InChI is InChI=1S/C14H14Cl2N2O/c15-9-6-12-11(13(16)7-9)3-5-18-14(12)19-8-10-2-1-4-17-10/h3,5-7,10,17H,1-2,4,8H2. The first-order valence-electron chi connectivity index (χ1n) is 6.34. The van der Waals surface area contributed by atoms with Crippen molar-refractivity contribution in [3.8, 4) is 5.88 Å². The summed E-state index contributed by atoms with van der Waals surface area (Å²) in [5, 5.41) is 6.38. The molecule has 1 atom stereocenters. The van der Waals surface area contributed by atoms with Crippen LogP contribution in [-0.4, -0.2) is 24.2 Å². The van der Waals surface area contributed by atoms with Gasteiger partial charge in [0, 0.05) is 28.0 Å². The summed E-state index contributed by atoms with van der Waals surface area (Å²) in [5.74, 6) is 0.593. The van der Waals surface area contributed by atoms with Gasteiger partial charge in [0.15, 0.2) is 0 Å². The Hall–Kier alpha value is -1.03. The molecule has 1 saturated heterocycles. The molecule has 1 aliphatic heterocycles. The molecule has 0 spiro atoms. The monoisotopic (exact) mass is 296 g/mol. The SMILES string of the molecule is Clc1cc(Cl)c2ccnc(OCC3CCCN3)c2c1. The van der Waals surface area contributed by atoms with Crippen LogP contribution in [0.4, 0.5) is 0 Å². The van der Waals surface area contributed by atoms with Crippen LogP contribution in [0.1, 0.15) is 12.8 Å². The number of pyridine rings is 1. The maximum atomic E-state index is 6.18. The van der Waals surface area contributed by atoms with E-state index in [-0.39, 0.29) is 0 Å². The van der Waals surface area contributed by atoms with Gasteiger partial charge >= 0.3 is 0 Å². The second-order valence-corrected chi connectivity index (χ2v) is 5.55. The van der Waals surface area contributed by atoms with Crippen molar-refractivity contribution in [2.45, 2.75) is 18.9 Å². The zero-order valence-electron chi connectivity index (χ0n) is 10.3. The molecule has 0 radical (unpaired) electrons. The normalized spacial score (nSPS) is 18.9. The zero-order valence-corrected chi connectivity index (χ0v) is 11.8. The lowest BCUT2D eigenvalue weighted by molar-refractivity contribution is 0.271. The van der Waals surface area contributed by atoms with Crippen molar-refractivity contribution in [1.82, 2.24) is 10.3 Å². The predicted octanol–water partition coefficient (Wildman–Crippen LogP) is 3.67. The third kappa shape index (κ3) is 2.78. The van der Waals surface area contributed by atoms with Crippen LogP contribution in [-0.2, 0) is 0 Å². The number of fused-ring (bicyclic) bond motifs is 1. The molecule has 1 fully saturated rings. The minimum atomic E-state index is 0.409. The molecular weight excluding hydrogens is 283 g/mol. The molecular formula is C14H14Cl2N2O. The number of rotatable bonds is 3. The molecule has 3 nitrogen and oxygen atoms in total. The van der Waals surface area contributed by atoms with Crippen LogP contribution in [0.3, 0.4) is 0 Å². The molecule has 1 aromatic carbocycles. The number of benzene rings is 1. The highest BCUT2D eigenvalue weighted by Gasteiger charge is 2.16. The lowest BCUT2D eigenvalue weighted by atomic mass is 10.2. The summed E-state index contributed by atoms with van der Waals surface area (Å²) in [4.78, 5) is 4.28. The summed E-state index contributed by atoms with van der Waals surface area (Å²) in [6.07, 6.45) is 4.06. The Balaban J connectivity index is 1.89. The van der Waals surface area contributed by atoms with E-state index in [9.17, 15) is 0 Å². The number of ether oxygens (including phenoxy) is 1. The Morgan fingerprint density at radius 1 is 1.32 bits per heavy atom. The van der Waals surface area contributed by atoms with Crippen LogP contribution in [0.15, 0.2) is 24.4 Å². The highest BCUT2D eigenvalue weighted by molar-refractivity contribution is 6.38. The third-order valence-electron chi connectivity index (χ3n) is 3.34. The molecule has 0 saturated carbocycles. The quantitative estimate of drug-likeness (QED) is 0.938. The molecule has 0 aliphatic carbocycles. The predicted molar refractivity (Wildman–Crippen MR) is 78.3 cm³/mol. The van der Waals surface area contributed by atoms with Crippen LogP contribution in [0.5, 0.6) is 5.88 Å². The fourth-order valence-electron chi connectivity index (χ4n) is 2.37. The second kappa shape index (κ2) is 5.53. The fraction of sp³-hybridized carbons (Fsp3) is 0.357. The van der Waals surface area contributed by atoms with Crippen LogP contribution in [0.2, 0.25) is 10.0 Å². The highest BCUT2D eigenvalue weighted by Crippen LogP contribution is 2.32. The van der Waals surface area contributed by atoms with Crippen molar-refractivity contribution in [2.75, 3.05) is 13.2 Å². The molecule has 1 N–H and O–H groups in total. The average Bonchev–Trinajstić information content (AvgIpc) is 2.89. The van der Waals surface area contributed by atoms with Crippen molar-refractivity contribution < 1.29 is 4.74 Å². The molecule has 1 aromatic heterocycles. The maximum Gasteiger partial charge on any atom is 0.221 e. The Kier molecular flexibility index (Phi) is 3.78. The number of nitrogens with one attached hydrogen (secondary N) is 1. The molecule has 0 amide bonds. The lowest BCUT2D eigenvalue weighted by Gasteiger charge is -2.13. The van der Waals surface area contributed by atoms with Crippen LogP contribution >= 0.6 is 23.2 Å². The van der Waals surface area contributed by atoms with Gasteiger partial charge in [-0.25, -0.2) is 4.98 Å². The van der Waals surface area contributed by atoms with Gasteiger partial charge in [-0.05, 0) is 37.6 Å². The van der Waals surface area contributed by atoms with E-state index in [0.29, 0.717) is 28.6 Å². The fourth-order valence-corrected chi connectivity index (χ4v) is 2.93. The van der Waals surface area contributed by atoms with Gasteiger partial charge < -0.3 is 10.1 Å². The highest BCUT2D eigenvalue weighted by atomic mass is 35.5. The van der Waals surface area contributed by atoms with E-state index < -0.39 is 0 Å². The Bertz CT molecular complexity index is 597. The Morgan fingerprint density at radius 3 is 3.00 bits per heavy atom. The number of aromatic nitrogens is 1. The first kappa shape index (κ1) is 13.0. The number of nitrogens with zero attached hydrogens (tertiary/aromatic N) is 1. The maximum absolute atomic E-state index is 6.18. The molecule has 1 unspecified atom stereocenters. The largest absolute Gasteiger partial charge is 0.476 e. The summed E-state index contributed by atoms with van der Waals surface area (Å²) >= 11 is 12.2. The second-order valence-electron chi connectivity index (χ2n) is 4.70. The van der Waals surface area contributed by atoms with Crippen LogP contribution in [0.25, 0.3) is 10.8 Å². The van der Waals surface area contributed by atoms with E-state index in [0.717, 1.165) is 23.7 Å². The first-order chi connectivity index (χ1) is 9.24. The van der Waals surface area contributed by atoms with E-state index in [2.05, 4.69) is 10.3 Å². The van der Waals surface area contributed by atoms with Crippen molar-refractivity contribution in [1.29, 1.82) is 0 Å². The van der Waals surface area contributed by atoms with Gasteiger partial charge in [0.05, 0.1) is 5.02 Å². The van der Waals surface area contributed by atoms with Crippen LogP contribution < -0.4 is 10.1 Å². The van der Waals surface area contributed by atoms with E-state index in [4.69, 9.17) is 27.9 Å². The molecule has 5 heteroatoms. The van der Waals surface area contributed by atoms with Gasteiger partial charge in [-0.15, -0.1) is 0 Å². The van der Waals surface area contributed by atoms with Gasteiger partial charge in [0.1, 0.15) is 6.61 Å². The summed E-state index contributed by atoms with van der Waals surface area (Å²) < 4.78 is 5.82. The topological polar surface area (TPSA) is 34.1 Å². The first-order valence-corrected chi connectivity index (χ1v) is 7.09. The molecule has 3 rings (SSSR count). The van der Waals surface area contributed by atoms with Crippen molar-refractivity contribution in [3.05, 3.63) is 34.4 Å². The average molecular weight is 297 g/mol. The van der Waals surface area contributed by atoms with Gasteiger partial charge in [0.25, 0.3) is 0 Å². The van der Waals surface area contributed by atoms with Crippen LogP contribution in [0, 0.1) is 0 Å². The summed E-state index contributed by atoms with van der Waals surface area (Å²) in [6, 6.07) is 5.85. The third-order valence-corrected chi connectivity index (χ3v) is 3.87. The Morgan fingerprint density at radius 2 is 2.21 bits per heavy atom. The number of hydrogen-bond acceptors (Lipinski definition) is 3. The van der Waals surface area contributed by atoms with E-state index in [1.807, 2.05) is 12.1 Å². The van der Waals surface area contributed by atoms with Gasteiger partial charge in [0.2, 0.25) is 5.88 Å². The molecule has 2 heterocycles. The van der Waals surface area contributed by atoms with Crippen molar-refractivity contribution in [2.24, 2.45) is 0 Å². The minimum Gasteiger partial charge on any atom is -0.476 e. The van der Waals surface area contributed by atoms with Crippen molar-refractivity contribution in [3.63, 3.8) is 0 Å². The van der Waals surface area contributed by atoms with Gasteiger partial charge in [-0.1, -0.05) is 23.2 Å². The zero-order chi connectivity index (χ0) is 13.2. The van der Waals surface area contributed by atoms with Crippen molar-refractivity contribution >= 4 is 34.0 Å². The summed E-state index contributed by atoms with van der Waals surface area (Å²) in [7, 11) is 0. The lowest BCUT2D eigenvalue weighted by Crippen LogP contribution is -2.28. The molecule has 100 valence electrons. The molecule has 19 heavy (non-hydrogen) atoms. The summed E-state index contributed by atoms with van der Waals surface area (Å²) in [6.45, 7) is 1.69. The van der Waals surface area contributed by atoms with E-state index in [1.165, 1.54) is 6.42 Å². The van der Waals surface area contributed by atoms with E-state index >= 15 is 0 Å². The number of hydrogen-bond donors (Lipinski definition) is 1. The van der Waals surface area contributed by atoms with E-state index in [1.54, 1.807) is 12.3 Å². The number of halogens is 2. The molecule has 1 aliphatic rings. The van der Waals surface area contributed by atoms with Gasteiger partial charge in [-0.3, -0.25) is 0 Å². The Labute approximate surface area is 121 Å². The molecule has 0 bridgehead atoms. The smallest absolute Gasteiger partial charge is 0.221 e.